The number of para-hydroxylation sites is 1. The molecule has 18 heavy (non-hydrogen) atoms. The molecule has 0 saturated carbocycles. The topological polar surface area (TPSA) is 87.5 Å². The van der Waals surface area contributed by atoms with E-state index in [2.05, 4.69) is 10.7 Å². The number of nitrogens with zero attached hydrogens (tertiary/aromatic N) is 2. The molecule has 1 rings (SSSR count). The van der Waals surface area contributed by atoms with E-state index in [4.69, 9.17) is 0 Å². The summed E-state index contributed by atoms with van der Waals surface area (Å²) in [6.07, 6.45) is 0. The van der Waals surface area contributed by atoms with Crippen molar-refractivity contribution in [2.75, 3.05) is 26.0 Å². The van der Waals surface area contributed by atoms with Crippen LogP contribution in [0.4, 0.5) is 11.4 Å². The second-order valence-corrected chi connectivity index (χ2v) is 3.82. The summed E-state index contributed by atoms with van der Waals surface area (Å²) in [7, 11) is 3.27. The molecule has 0 aliphatic rings. The van der Waals surface area contributed by atoms with Crippen LogP contribution >= 0.6 is 0 Å². The van der Waals surface area contributed by atoms with Crippen LogP contribution in [0.2, 0.25) is 0 Å². The summed E-state index contributed by atoms with van der Waals surface area (Å²) in [6.45, 7) is 2.37. The first kappa shape index (κ1) is 13.9. The molecule has 98 valence electrons. The van der Waals surface area contributed by atoms with Gasteiger partial charge in [-0.3, -0.25) is 20.3 Å². The Bertz CT molecular complexity index is 460. The minimum Gasteiger partial charge on any atom is -0.380 e. The first-order chi connectivity index (χ1) is 8.47. The number of hydrogen-bond acceptors (Lipinski definition) is 5. The lowest BCUT2D eigenvalue weighted by molar-refractivity contribution is -0.384. The maximum absolute atomic E-state index is 11.9. The molecule has 1 aromatic carbocycles. The number of carbonyl (C=O) groups excluding carboxylic acids is 1. The van der Waals surface area contributed by atoms with E-state index < -0.39 is 10.8 Å². The highest BCUT2D eigenvalue weighted by atomic mass is 16.6. The van der Waals surface area contributed by atoms with Crippen molar-refractivity contribution < 1.29 is 9.72 Å². The summed E-state index contributed by atoms with van der Waals surface area (Å²) in [5.74, 6) is -0.508. The van der Waals surface area contributed by atoms with Gasteiger partial charge in [0.05, 0.1) is 4.92 Å². The summed E-state index contributed by atoms with van der Waals surface area (Å²) in [5, 5.41) is 15.4. The first-order valence-electron chi connectivity index (χ1n) is 5.47. The summed E-state index contributed by atoms with van der Waals surface area (Å²) in [5.41, 5.74) is 2.65. The van der Waals surface area contributed by atoms with E-state index in [1.165, 1.54) is 11.1 Å². The maximum atomic E-state index is 11.9. The monoisotopic (exact) mass is 252 g/mol. The second-order valence-electron chi connectivity index (χ2n) is 3.82. The summed E-state index contributed by atoms with van der Waals surface area (Å²) < 4.78 is 0. The van der Waals surface area contributed by atoms with Gasteiger partial charge in [-0.25, -0.2) is 5.01 Å². The summed E-state index contributed by atoms with van der Waals surface area (Å²) >= 11 is 0. The number of hydrazine groups is 1. The smallest absolute Gasteiger partial charge is 0.305 e. The van der Waals surface area contributed by atoms with Gasteiger partial charge in [0.2, 0.25) is 0 Å². The molecule has 1 aromatic rings. The number of hydrogen-bond donors (Lipinski definition) is 2. The molecule has 7 nitrogen and oxygen atoms in total. The standard InChI is InChI=1S/C11H16N4O3/c1-4-12-9-7-5-6-8(10(9)15(17)18)11(16)13-14(2)3/h5-7,12H,4H2,1-3H3,(H,13,16). The molecule has 0 spiro atoms. The molecule has 0 bridgehead atoms. The molecular formula is C11H16N4O3. The zero-order valence-corrected chi connectivity index (χ0v) is 10.6. The average Bonchev–Trinajstić information content (AvgIpc) is 2.27. The third-order valence-corrected chi connectivity index (χ3v) is 2.16. The number of nitro benzene ring substituents is 1. The Hall–Kier alpha value is -2.15. The van der Waals surface area contributed by atoms with Crippen LogP contribution in [0.25, 0.3) is 0 Å². The highest BCUT2D eigenvalue weighted by Crippen LogP contribution is 2.28. The Labute approximate surface area is 105 Å². The maximum Gasteiger partial charge on any atom is 0.305 e. The van der Waals surface area contributed by atoms with Crippen LogP contribution in [0.3, 0.4) is 0 Å². The molecule has 0 radical (unpaired) electrons. The minimum absolute atomic E-state index is 0.0344. The fraction of sp³-hybridized carbons (Fsp3) is 0.364. The van der Waals surface area contributed by atoms with Crippen LogP contribution in [0.15, 0.2) is 18.2 Å². The van der Waals surface area contributed by atoms with Crippen LogP contribution in [-0.2, 0) is 0 Å². The molecule has 0 unspecified atom stereocenters. The number of amides is 1. The zero-order chi connectivity index (χ0) is 13.7. The Balaban J connectivity index is 3.22. The number of rotatable bonds is 5. The van der Waals surface area contributed by atoms with Crippen molar-refractivity contribution in [1.82, 2.24) is 10.4 Å². The molecule has 1 amide bonds. The second kappa shape index (κ2) is 5.97. The van der Waals surface area contributed by atoms with E-state index in [-0.39, 0.29) is 11.3 Å². The number of anilines is 1. The van der Waals surface area contributed by atoms with Crippen LogP contribution in [-0.4, -0.2) is 36.5 Å². The van der Waals surface area contributed by atoms with E-state index in [9.17, 15) is 14.9 Å². The summed E-state index contributed by atoms with van der Waals surface area (Å²) in [4.78, 5) is 22.4. The molecule has 0 atom stereocenters. The lowest BCUT2D eigenvalue weighted by atomic mass is 10.1. The lowest BCUT2D eigenvalue weighted by Crippen LogP contribution is -2.36. The third kappa shape index (κ3) is 3.17. The third-order valence-electron chi connectivity index (χ3n) is 2.16. The van der Waals surface area contributed by atoms with Crippen molar-refractivity contribution in [3.63, 3.8) is 0 Å². The Kier molecular flexibility index (Phi) is 4.61. The van der Waals surface area contributed by atoms with E-state index in [1.807, 2.05) is 6.92 Å². The average molecular weight is 252 g/mol. The lowest BCUT2D eigenvalue weighted by Gasteiger charge is -2.13. The SMILES string of the molecule is CCNc1cccc(C(=O)NN(C)C)c1[N+](=O)[O-]. The van der Waals surface area contributed by atoms with Crippen LogP contribution in [0.1, 0.15) is 17.3 Å². The van der Waals surface area contributed by atoms with Gasteiger partial charge in [0.15, 0.2) is 0 Å². The van der Waals surface area contributed by atoms with Crippen molar-refractivity contribution >= 4 is 17.3 Å². The molecule has 0 heterocycles. The molecule has 0 aliphatic carbocycles. The van der Waals surface area contributed by atoms with Gasteiger partial charge in [-0.05, 0) is 19.1 Å². The van der Waals surface area contributed by atoms with Crippen molar-refractivity contribution in [1.29, 1.82) is 0 Å². The highest BCUT2D eigenvalue weighted by Gasteiger charge is 2.24. The normalized spacial score (nSPS) is 10.2. The molecule has 0 aliphatic heterocycles. The first-order valence-corrected chi connectivity index (χ1v) is 5.47. The van der Waals surface area contributed by atoms with Gasteiger partial charge in [0.1, 0.15) is 11.3 Å². The highest BCUT2D eigenvalue weighted by molar-refractivity contribution is 6.00. The minimum atomic E-state index is -0.553. The van der Waals surface area contributed by atoms with E-state index in [0.717, 1.165) is 0 Å². The Morgan fingerprint density at radius 3 is 2.61 bits per heavy atom. The fourth-order valence-corrected chi connectivity index (χ4v) is 1.52. The van der Waals surface area contributed by atoms with Gasteiger partial charge in [0.25, 0.3) is 5.91 Å². The van der Waals surface area contributed by atoms with Gasteiger partial charge >= 0.3 is 5.69 Å². The van der Waals surface area contributed by atoms with E-state index in [1.54, 1.807) is 26.2 Å². The van der Waals surface area contributed by atoms with Crippen molar-refractivity contribution in [3.05, 3.63) is 33.9 Å². The predicted octanol–water partition coefficient (Wildman–Crippen LogP) is 1.23. The van der Waals surface area contributed by atoms with Crippen LogP contribution < -0.4 is 10.7 Å². The van der Waals surface area contributed by atoms with Crippen LogP contribution in [0, 0.1) is 10.1 Å². The van der Waals surface area contributed by atoms with Gasteiger partial charge in [-0.15, -0.1) is 0 Å². The quantitative estimate of drug-likeness (QED) is 0.608. The molecule has 0 aromatic heterocycles. The Morgan fingerprint density at radius 2 is 2.11 bits per heavy atom. The fourth-order valence-electron chi connectivity index (χ4n) is 1.52. The molecule has 0 saturated heterocycles. The molecule has 7 heteroatoms. The van der Waals surface area contributed by atoms with Crippen molar-refractivity contribution in [3.8, 4) is 0 Å². The molecular weight excluding hydrogens is 236 g/mol. The van der Waals surface area contributed by atoms with E-state index in [0.29, 0.717) is 12.2 Å². The molecule has 0 fully saturated rings. The number of nitrogens with one attached hydrogen (secondary N) is 2. The van der Waals surface area contributed by atoms with Crippen molar-refractivity contribution in [2.45, 2.75) is 6.92 Å². The number of carbonyl (C=O) groups is 1. The van der Waals surface area contributed by atoms with Gasteiger partial charge in [-0.2, -0.15) is 0 Å². The zero-order valence-electron chi connectivity index (χ0n) is 10.6. The predicted molar refractivity (Wildman–Crippen MR) is 68.4 cm³/mol. The van der Waals surface area contributed by atoms with Gasteiger partial charge < -0.3 is 5.32 Å². The van der Waals surface area contributed by atoms with Gasteiger partial charge in [-0.1, -0.05) is 6.07 Å². The molecule has 2 N–H and O–H groups in total. The number of benzene rings is 1. The Morgan fingerprint density at radius 1 is 1.44 bits per heavy atom. The largest absolute Gasteiger partial charge is 0.380 e. The van der Waals surface area contributed by atoms with E-state index >= 15 is 0 Å². The van der Waals surface area contributed by atoms with Crippen LogP contribution in [0.5, 0.6) is 0 Å². The van der Waals surface area contributed by atoms with Crippen molar-refractivity contribution in [2.24, 2.45) is 0 Å². The van der Waals surface area contributed by atoms with Gasteiger partial charge in [0, 0.05) is 20.6 Å². The summed E-state index contributed by atoms with van der Waals surface area (Å²) in [6, 6.07) is 4.61. The number of nitro groups is 1.